The van der Waals surface area contributed by atoms with E-state index in [-0.39, 0.29) is 22.7 Å². The second-order valence-corrected chi connectivity index (χ2v) is 10.5. The van der Waals surface area contributed by atoms with Gasteiger partial charge in [0.05, 0.1) is 7.11 Å². The molecule has 28 heavy (non-hydrogen) atoms. The summed E-state index contributed by atoms with van der Waals surface area (Å²) in [5.74, 6) is 3.65. The van der Waals surface area contributed by atoms with E-state index >= 15 is 0 Å². The lowest BCUT2D eigenvalue weighted by atomic mass is 9.44. The Kier molecular flexibility index (Phi) is 3.29. The van der Waals surface area contributed by atoms with Crippen molar-refractivity contribution in [3.8, 4) is 11.5 Å². The maximum absolute atomic E-state index is 13.7. The Morgan fingerprint density at radius 2 is 2.07 bits per heavy atom. The zero-order valence-corrected chi connectivity index (χ0v) is 17.5. The molecule has 1 spiro atoms. The van der Waals surface area contributed by atoms with E-state index in [0.29, 0.717) is 17.9 Å². The van der Waals surface area contributed by atoms with Crippen LogP contribution in [0.1, 0.15) is 51.2 Å². The largest absolute Gasteiger partial charge is 0.493 e. The number of likely N-dealkylation sites (tertiary alicyclic amines) is 1. The number of carbonyl (C=O) groups excluding carboxylic acids is 1. The number of hydrogen-bond acceptors (Lipinski definition) is 4. The third-order valence-electron chi connectivity index (χ3n) is 9.06. The van der Waals surface area contributed by atoms with Gasteiger partial charge in [0.2, 0.25) is 0 Å². The molecular formula is C24H31NO3. The molecule has 150 valence electrons. The smallest absolute Gasteiger partial charge is 0.180 e. The van der Waals surface area contributed by atoms with Crippen LogP contribution in [0.3, 0.4) is 0 Å². The second-order valence-electron chi connectivity index (χ2n) is 10.5. The Bertz CT molecular complexity index is 873. The van der Waals surface area contributed by atoms with Crippen LogP contribution in [0.5, 0.6) is 11.5 Å². The second kappa shape index (κ2) is 5.33. The highest BCUT2D eigenvalue weighted by molar-refractivity contribution is 5.93. The van der Waals surface area contributed by atoms with Gasteiger partial charge < -0.3 is 9.47 Å². The Morgan fingerprint density at radius 1 is 1.29 bits per heavy atom. The van der Waals surface area contributed by atoms with E-state index in [9.17, 15) is 4.79 Å². The molecule has 1 aromatic carbocycles. The van der Waals surface area contributed by atoms with Gasteiger partial charge in [0.1, 0.15) is 0 Å². The monoisotopic (exact) mass is 381 g/mol. The minimum absolute atomic E-state index is 0.159. The number of piperidine rings is 1. The van der Waals surface area contributed by atoms with Crippen LogP contribution in [0.4, 0.5) is 0 Å². The molecule has 2 aliphatic heterocycles. The normalized spacial score (nSPS) is 40.1. The summed E-state index contributed by atoms with van der Waals surface area (Å²) < 4.78 is 12.2. The zero-order valence-electron chi connectivity index (χ0n) is 17.5. The first-order valence-electron chi connectivity index (χ1n) is 11.0. The Labute approximate surface area is 167 Å². The molecule has 1 saturated heterocycles. The maximum atomic E-state index is 13.7. The first-order chi connectivity index (χ1) is 13.4. The molecule has 5 aliphatic rings. The molecule has 4 nitrogen and oxygen atoms in total. The number of rotatable bonds is 3. The third kappa shape index (κ3) is 1.89. The molecule has 2 heterocycles. The fourth-order valence-electron chi connectivity index (χ4n) is 7.16. The molecule has 2 bridgehead atoms. The fraction of sp³-hybridized carbons (Fsp3) is 0.708. The predicted molar refractivity (Wildman–Crippen MR) is 107 cm³/mol. The standard InChI is InChI=1S/C24H31NO3/c1-13-18-16-11-15-7-8-17(27-4)20-19(15)24(18,9-10-25(16)12-14-5-6-14)22(28-20)21(26)23(13,2)3/h7-8,13-14,16,18,22H,5-6,9-12H2,1-4H3/t13-,16-,18+,22+,24+/m1/s1. The maximum Gasteiger partial charge on any atom is 0.180 e. The topological polar surface area (TPSA) is 38.8 Å². The molecule has 0 radical (unpaired) electrons. The summed E-state index contributed by atoms with van der Waals surface area (Å²) in [7, 11) is 1.71. The number of Topliss-reactive ketones (excluding diaryl/α,β-unsaturated/α-hetero) is 1. The van der Waals surface area contributed by atoms with Gasteiger partial charge in [-0.2, -0.15) is 0 Å². The molecule has 0 unspecified atom stereocenters. The van der Waals surface area contributed by atoms with Gasteiger partial charge >= 0.3 is 0 Å². The van der Waals surface area contributed by atoms with Gasteiger partial charge in [0.15, 0.2) is 23.4 Å². The molecule has 5 atom stereocenters. The Balaban J connectivity index is 1.57. The van der Waals surface area contributed by atoms with Crippen molar-refractivity contribution in [2.75, 3.05) is 20.2 Å². The lowest BCUT2D eigenvalue weighted by Crippen LogP contribution is -2.71. The summed E-state index contributed by atoms with van der Waals surface area (Å²) in [6.45, 7) is 8.95. The van der Waals surface area contributed by atoms with Gasteiger partial charge in [-0.3, -0.25) is 9.69 Å². The summed E-state index contributed by atoms with van der Waals surface area (Å²) in [6.07, 6.45) is 4.55. The van der Waals surface area contributed by atoms with E-state index in [1.54, 1.807) is 7.11 Å². The van der Waals surface area contributed by atoms with Crippen LogP contribution in [-0.2, 0) is 16.6 Å². The van der Waals surface area contributed by atoms with Crippen molar-refractivity contribution >= 4 is 5.78 Å². The van der Waals surface area contributed by atoms with Crippen molar-refractivity contribution in [1.82, 2.24) is 4.90 Å². The van der Waals surface area contributed by atoms with E-state index in [2.05, 4.69) is 31.7 Å². The van der Waals surface area contributed by atoms with Gasteiger partial charge in [-0.25, -0.2) is 0 Å². The zero-order chi connectivity index (χ0) is 19.4. The van der Waals surface area contributed by atoms with Crippen LogP contribution >= 0.6 is 0 Å². The number of hydrogen-bond donors (Lipinski definition) is 0. The molecule has 4 heteroatoms. The quantitative estimate of drug-likeness (QED) is 0.802. The number of carbonyl (C=O) groups is 1. The van der Waals surface area contributed by atoms with Gasteiger partial charge in [0.25, 0.3) is 0 Å². The molecule has 2 saturated carbocycles. The van der Waals surface area contributed by atoms with Crippen LogP contribution in [0, 0.1) is 23.2 Å². The fourth-order valence-corrected chi connectivity index (χ4v) is 7.16. The molecule has 0 aromatic heterocycles. The summed E-state index contributed by atoms with van der Waals surface area (Å²) >= 11 is 0. The van der Waals surface area contributed by atoms with Crippen molar-refractivity contribution < 1.29 is 14.3 Å². The van der Waals surface area contributed by atoms with Gasteiger partial charge in [-0.15, -0.1) is 0 Å². The van der Waals surface area contributed by atoms with Crippen molar-refractivity contribution in [2.24, 2.45) is 23.2 Å². The van der Waals surface area contributed by atoms with Crippen LogP contribution in [0.25, 0.3) is 0 Å². The molecule has 0 amide bonds. The summed E-state index contributed by atoms with van der Waals surface area (Å²) in [5, 5.41) is 0. The average Bonchev–Trinajstić information content (AvgIpc) is 3.43. The lowest BCUT2D eigenvalue weighted by molar-refractivity contribution is -0.163. The number of ether oxygens (including phenoxy) is 2. The third-order valence-corrected chi connectivity index (χ3v) is 9.06. The average molecular weight is 382 g/mol. The molecular weight excluding hydrogens is 350 g/mol. The van der Waals surface area contributed by atoms with Crippen LogP contribution < -0.4 is 9.47 Å². The SMILES string of the molecule is COc1ccc2c3c1O[C@H]1C(=O)C(C)(C)[C@H](C)[C@H]4[C@@H](C2)N(CC2CC2)CC[C@@]341. The van der Waals surface area contributed by atoms with Crippen LogP contribution in [0.2, 0.25) is 0 Å². The number of benzene rings is 1. The lowest BCUT2D eigenvalue weighted by Gasteiger charge is -2.62. The summed E-state index contributed by atoms with van der Waals surface area (Å²) in [5.41, 5.74) is 2.19. The highest BCUT2D eigenvalue weighted by Gasteiger charge is 2.71. The van der Waals surface area contributed by atoms with E-state index in [1.165, 1.54) is 30.5 Å². The van der Waals surface area contributed by atoms with Crippen molar-refractivity contribution in [3.63, 3.8) is 0 Å². The molecule has 1 aromatic rings. The van der Waals surface area contributed by atoms with E-state index in [0.717, 1.165) is 36.8 Å². The number of ketones is 1. The van der Waals surface area contributed by atoms with Crippen molar-refractivity contribution in [1.29, 1.82) is 0 Å². The van der Waals surface area contributed by atoms with Crippen molar-refractivity contribution in [3.05, 3.63) is 23.3 Å². The molecule has 6 rings (SSSR count). The Hall–Kier alpha value is -1.55. The first kappa shape index (κ1) is 17.3. The predicted octanol–water partition coefficient (Wildman–Crippen LogP) is 3.60. The highest BCUT2D eigenvalue weighted by atomic mass is 16.5. The first-order valence-corrected chi connectivity index (χ1v) is 11.0. The van der Waals surface area contributed by atoms with Gasteiger partial charge in [0, 0.05) is 29.0 Å². The van der Waals surface area contributed by atoms with Gasteiger partial charge in [-0.05, 0) is 61.6 Å². The molecule has 3 aliphatic carbocycles. The molecule has 0 N–H and O–H groups in total. The van der Waals surface area contributed by atoms with Crippen LogP contribution in [0.15, 0.2) is 12.1 Å². The number of nitrogens with zero attached hydrogens (tertiary/aromatic N) is 1. The van der Waals surface area contributed by atoms with Crippen molar-refractivity contribution in [2.45, 2.75) is 64.0 Å². The van der Waals surface area contributed by atoms with E-state index in [1.807, 2.05) is 6.07 Å². The van der Waals surface area contributed by atoms with E-state index < -0.39 is 0 Å². The molecule has 3 fully saturated rings. The summed E-state index contributed by atoms with van der Waals surface area (Å²) in [6, 6.07) is 4.81. The van der Waals surface area contributed by atoms with Gasteiger partial charge in [-0.1, -0.05) is 26.8 Å². The number of methoxy groups -OCH3 is 1. The van der Waals surface area contributed by atoms with Crippen LogP contribution in [-0.4, -0.2) is 43.0 Å². The minimum atomic E-state index is -0.355. The van der Waals surface area contributed by atoms with E-state index in [4.69, 9.17) is 9.47 Å². The summed E-state index contributed by atoms with van der Waals surface area (Å²) in [4.78, 5) is 16.4. The minimum Gasteiger partial charge on any atom is -0.493 e. The Morgan fingerprint density at radius 3 is 2.79 bits per heavy atom. The highest BCUT2D eigenvalue weighted by Crippen LogP contribution is 2.67.